The van der Waals surface area contributed by atoms with E-state index in [1.54, 1.807) is 12.7 Å². The Morgan fingerprint density at radius 2 is 2.33 bits per heavy atom. The highest BCUT2D eigenvalue weighted by molar-refractivity contribution is 7.99. The molecule has 2 aromatic rings. The minimum Gasteiger partial charge on any atom is -0.309 e. The van der Waals surface area contributed by atoms with E-state index < -0.39 is 0 Å². The van der Waals surface area contributed by atoms with Gasteiger partial charge in [0.2, 0.25) is 0 Å². The van der Waals surface area contributed by atoms with Crippen LogP contribution in [0.5, 0.6) is 0 Å². The molecule has 1 aliphatic rings. The second-order valence-electron chi connectivity index (χ2n) is 4.41. The number of rotatable bonds is 4. The summed E-state index contributed by atoms with van der Waals surface area (Å²) in [6.45, 7) is 0.890. The van der Waals surface area contributed by atoms with Gasteiger partial charge in [0.25, 0.3) is 0 Å². The summed E-state index contributed by atoms with van der Waals surface area (Å²) in [5.41, 5.74) is 2.37. The molecule has 0 aliphatic carbocycles. The second kappa shape index (κ2) is 5.54. The fraction of sp³-hybridized carbons (Fsp3) is 0.385. The highest BCUT2D eigenvalue weighted by atomic mass is 32.2. The van der Waals surface area contributed by atoms with Crippen LogP contribution in [-0.4, -0.2) is 32.3 Å². The van der Waals surface area contributed by atoms with Gasteiger partial charge >= 0.3 is 0 Å². The molecule has 1 saturated heterocycles. The van der Waals surface area contributed by atoms with Crippen molar-refractivity contribution in [2.45, 2.75) is 19.0 Å². The largest absolute Gasteiger partial charge is 0.309 e. The molecule has 1 atom stereocenters. The first-order valence-electron chi connectivity index (χ1n) is 6.17. The predicted octanol–water partition coefficient (Wildman–Crippen LogP) is 1.86. The molecule has 1 unspecified atom stereocenters. The number of nitrogens with zero attached hydrogens (tertiary/aromatic N) is 3. The fourth-order valence-corrected chi connectivity index (χ4v) is 3.35. The minimum atomic E-state index is 0.652. The van der Waals surface area contributed by atoms with Crippen LogP contribution in [0.3, 0.4) is 0 Å². The van der Waals surface area contributed by atoms with E-state index in [9.17, 15) is 0 Å². The first kappa shape index (κ1) is 11.7. The van der Waals surface area contributed by atoms with Crippen LogP contribution in [0.2, 0.25) is 0 Å². The van der Waals surface area contributed by atoms with Crippen LogP contribution in [0.15, 0.2) is 36.9 Å². The van der Waals surface area contributed by atoms with Crippen molar-refractivity contribution >= 4 is 11.8 Å². The maximum atomic E-state index is 4.20. The number of thioether (sulfide) groups is 1. The van der Waals surface area contributed by atoms with Crippen LogP contribution in [0.4, 0.5) is 0 Å². The SMILES string of the molecule is c1ccc(-n2cncn2)c(CNC2CCSC2)c1. The Balaban J connectivity index is 1.75. The molecule has 1 aliphatic heterocycles. The third-order valence-electron chi connectivity index (χ3n) is 3.17. The Morgan fingerprint density at radius 1 is 1.39 bits per heavy atom. The van der Waals surface area contributed by atoms with Crippen molar-refractivity contribution in [3.05, 3.63) is 42.5 Å². The maximum absolute atomic E-state index is 4.20. The van der Waals surface area contributed by atoms with Crippen molar-refractivity contribution in [3.8, 4) is 5.69 Å². The highest BCUT2D eigenvalue weighted by Crippen LogP contribution is 2.18. The van der Waals surface area contributed by atoms with Crippen molar-refractivity contribution in [1.82, 2.24) is 20.1 Å². The topological polar surface area (TPSA) is 42.7 Å². The zero-order chi connectivity index (χ0) is 12.2. The average molecular weight is 260 g/mol. The molecule has 5 heteroatoms. The Labute approximate surface area is 111 Å². The van der Waals surface area contributed by atoms with Gasteiger partial charge < -0.3 is 5.32 Å². The van der Waals surface area contributed by atoms with Gasteiger partial charge in [-0.05, 0) is 23.8 Å². The van der Waals surface area contributed by atoms with Gasteiger partial charge in [-0.25, -0.2) is 9.67 Å². The van der Waals surface area contributed by atoms with Gasteiger partial charge in [-0.3, -0.25) is 0 Å². The van der Waals surface area contributed by atoms with Gasteiger partial charge in [-0.1, -0.05) is 18.2 Å². The second-order valence-corrected chi connectivity index (χ2v) is 5.56. The molecule has 1 fully saturated rings. The van der Waals surface area contributed by atoms with E-state index in [-0.39, 0.29) is 0 Å². The first-order valence-corrected chi connectivity index (χ1v) is 7.33. The van der Waals surface area contributed by atoms with Crippen molar-refractivity contribution < 1.29 is 0 Å². The van der Waals surface area contributed by atoms with Crippen LogP contribution in [0.1, 0.15) is 12.0 Å². The van der Waals surface area contributed by atoms with Crippen molar-refractivity contribution in [1.29, 1.82) is 0 Å². The zero-order valence-corrected chi connectivity index (χ0v) is 10.9. The molecule has 0 spiro atoms. The zero-order valence-electron chi connectivity index (χ0n) is 10.1. The van der Waals surface area contributed by atoms with E-state index in [1.165, 1.54) is 23.5 Å². The summed E-state index contributed by atoms with van der Waals surface area (Å²) in [4.78, 5) is 4.01. The molecule has 18 heavy (non-hydrogen) atoms. The quantitative estimate of drug-likeness (QED) is 0.911. The monoisotopic (exact) mass is 260 g/mol. The first-order chi connectivity index (χ1) is 8.93. The Morgan fingerprint density at radius 3 is 3.11 bits per heavy atom. The molecule has 4 nitrogen and oxygen atoms in total. The van der Waals surface area contributed by atoms with Crippen LogP contribution in [0.25, 0.3) is 5.69 Å². The van der Waals surface area contributed by atoms with Crippen LogP contribution in [-0.2, 0) is 6.54 Å². The molecule has 1 aromatic carbocycles. The van der Waals surface area contributed by atoms with Gasteiger partial charge in [0.1, 0.15) is 12.7 Å². The lowest BCUT2D eigenvalue weighted by atomic mass is 10.1. The van der Waals surface area contributed by atoms with Gasteiger partial charge in [-0.15, -0.1) is 0 Å². The summed E-state index contributed by atoms with van der Waals surface area (Å²) in [5.74, 6) is 2.51. The molecule has 1 N–H and O–H groups in total. The molecular formula is C13H16N4S. The summed E-state index contributed by atoms with van der Waals surface area (Å²) in [5, 5.41) is 7.82. The molecule has 3 rings (SSSR count). The maximum Gasteiger partial charge on any atom is 0.138 e. The lowest BCUT2D eigenvalue weighted by Gasteiger charge is -2.13. The van der Waals surface area contributed by atoms with E-state index >= 15 is 0 Å². The number of aromatic nitrogens is 3. The van der Waals surface area contributed by atoms with E-state index in [4.69, 9.17) is 0 Å². The normalized spacial score (nSPS) is 19.2. The lowest BCUT2D eigenvalue weighted by Crippen LogP contribution is -2.28. The van der Waals surface area contributed by atoms with Crippen LogP contribution < -0.4 is 5.32 Å². The van der Waals surface area contributed by atoms with Crippen LogP contribution in [0, 0.1) is 0 Å². The number of hydrogen-bond donors (Lipinski definition) is 1. The third-order valence-corrected chi connectivity index (χ3v) is 4.33. The van der Waals surface area contributed by atoms with Crippen molar-refractivity contribution in [2.75, 3.05) is 11.5 Å². The standard InChI is InChI=1S/C13H16N4S/c1-2-4-13(17-10-14-9-16-17)11(3-1)7-15-12-5-6-18-8-12/h1-4,9-10,12,15H,5-8H2. The number of nitrogens with one attached hydrogen (secondary N) is 1. The Kier molecular flexibility index (Phi) is 3.61. The molecule has 94 valence electrons. The predicted molar refractivity (Wildman–Crippen MR) is 73.9 cm³/mol. The van der Waals surface area contributed by atoms with Crippen molar-refractivity contribution in [3.63, 3.8) is 0 Å². The number of hydrogen-bond acceptors (Lipinski definition) is 4. The molecule has 0 amide bonds. The molecule has 0 saturated carbocycles. The lowest BCUT2D eigenvalue weighted by molar-refractivity contribution is 0.556. The van der Waals surface area contributed by atoms with E-state index in [0.717, 1.165) is 12.2 Å². The van der Waals surface area contributed by atoms with E-state index in [0.29, 0.717) is 6.04 Å². The molecular weight excluding hydrogens is 244 g/mol. The van der Waals surface area contributed by atoms with Gasteiger partial charge in [-0.2, -0.15) is 16.9 Å². The fourth-order valence-electron chi connectivity index (χ4n) is 2.17. The molecule has 1 aromatic heterocycles. The van der Waals surface area contributed by atoms with E-state index in [2.05, 4.69) is 33.6 Å². The number of para-hydroxylation sites is 1. The summed E-state index contributed by atoms with van der Waals surface area (Å²) >= 11 is 2.03. The molecule has 0 bridgehead atoms. The summed E-state index contributed by atoms with van der Waals surface area (Å²) in [7, 11) is 0. The minimum absolute atomic E-state index is 0.652. The third kappa shape index (κ3) is 2.57. The Bertz CT molecular complexity index is 491. The molecule has 2 heterocycles. The Hall–Kier alpha value is -1.33. The number of benzene rings is 1. The highest BCUT2D eigenvalue weighted by Gasteiger charge is 2.15. The smallest absolute Gasteiger partial charge is 0.138 e. The summed E-state index contributed by atoms with van der Waals surface area (Å²) < 4.78 is 1.82. The van der Waals surface area contributed by atoms with Crippen molar-refractivity contribution in [2.24, 2.45) is 0 Å². The van der Waals surface area contributed by atoms with Crippen LogP contribution >= 0.6 is 11.8 Å². The summed E-state index contributed by atoms with van der Waals surface area (Å²) in [6.07, 6.45) is 4.58. The van der Waals surface area contributed by atoms with Gasteiger partial charge in [0.05, 0.1) is 5.69 Å². The van der Waals surface area contributed by atoms with Gasteiger partial charge in [0, 0.05) is 18.3 Å². The summed E-state index contributed by atoms with van der Waals surface area (Å²) in [6, 6.07) is 8.98. The molecule has 0 radical (unpaired) electrons. The van der Waals surface area contributed by atoms with Gasteiger partial charge in [0.15, 0.2) is 0 Å². The van der Waals surface area contributed by atoms with E-state index in [1.807, 2.05) is 22.5 Å². The average Bonchev–Trinajstić information content (AvgIpc) is 3.10.